The number of pyridine rings is 2. The molecule has 0 aliphatic rings. The van der Waals surface area contributed by atoms with E-state index in [0.717, 1.165) is 38.9 Å². The molecule has 7 nitrogen and oxygen atoms in total. The number of aromatic nitrogens is 5. The molecule has 0 aliphatic heterocycles. The molecule has 4 N–H and O–H groups in total. The molecule has 0 atom stereocenters. The number of hydrogen-bond donors (Lipinski definition) is 3. The van der Waals surface area contributed by atoms with Gasteiger partial charge in [0.25, 0.3) is 0 Å². The van der Waals surface area contributed by atoms with E-state index in [-0.39, 0.29) is 5.69 Å². The summed E-state index contributed by atoms with van der Waals surface area (Å²) < 4.78 is 0. The molecule has 0 bridgehead atoms. The monoisotopic (exact) mass is 394 g/mol. The van der Waals surface area contributed by atoms with Crippen LogP contribution in [0.3, 0.4) is 0 Å². The summed E-state index contributed by atoms with van der Waals surface area (Å²) in [5.74, 6) is 0.381. The Morgan fingerprint density at radius 2 is 1.70 bits per heavy atom. The third kappa shape index (κ3) is 3.17. The third-order valence-corrected chi connectivity index (χ3v) is 5.02. The Hall–Kier alpha value is -4.10. The summed E-state index contributed by atoms with van der Waals surface area (Å²) in [7, 11) is 0. The average molecular weight is 394 g/mol. The van der Waals surface area contributed by atoms with Crippen LogP contribution in [0, 0.1) is 0 Å². The number of nitrogens with zero attached hydrogens (tertiary/aromatic N) is 3. The Labute approximate surface area is 171 Å². The van der Waals surface area contributed by atoms with E-state index in [1.807, 2.05) is 60.7 Å². The summed E-state index contributed by atoms with van der Waals surface area (Å²) in [5, 5.41) is 7.24. The molecule has 30 heavy (non-hydrogen) atoms. The van der Waals surface area contributed by atoms with Crippen molar-refractivity contribution < 1.29 is 0 Å². The Morgan fingerprint density at radius 1 is 0.900 bits per heavy atom. The molecule has 2 aromatic carbocycles. The highest BCUT2D eigenvalue weighted by Gasteiger charge is 2.16. The van der Waals surface area contributed by atoms with Crippen LogP contribution in [0.25, 0.3) is 44.8 Å². The van der Waals surface area contributed by atoms with Crippen LogP contribution in [0.1, 0.15) is 5.56 Å². The summed E-state index contributed by atoms with van der Waals surface area (Å²) in [5.41, 5.74) is 11.6. The number of aromatic amines is 2. The molecule has 0 aliphatic carbocycles. The fourth-order valence-corrected chi connectivity index (χ4v) is 3.52. The van der Waals surface area contributed by atoms with Gasteiger partial charge in [0.15, 0.2) is 5.82 Å². The number of nitrogens with one attached hydrogen (secondary N) is 2. The lowest BCUT2D eigenvalue weighted by Crippen LogP contribution is -2.01. The Morgan fingerprint density at radius 3 is 2.40 bits per heavy atom. The number of rotatable bonds is 4. The molecule has 5 aromatic rings. The minimum absolute atomic E-state index is 0.378. The second-order valence-corrected chi connectivity index (χ2v) is 6.90. The highest BCUT2D eigenvalue weighted by atomic mass is 16.1. The zero-order chi connectivity index (χ0) is 20.5. The van der Waals surface area contributed by atoms with Gasteiger partial charge in [0, 0.05) is 29.3 Å². The standard InChI is InChI=1S/C23H18N6O/c24-13-14-6-8-16(9-7-14)20-17(15-4-2-1-3-5-15)12-18-19(26-20)10-11-25-21(18)22-27-23(30)29-28-22/h1-12H,13,24H2,(H2,27,28,29,30). The third-order valence-electron chi connectivity index (χ3n) is 5.02. The molecule has 3 heterocycles. The molecule has 0 saturated carbocycles. The largest absolute Gasteiger partial charge is 0.340 e. The van der Waals surface area contributed by atoms with E-state index < -0.39 is 0 Å². The maximum Gasteiger partial charge on any atom is 0.340 e. The minimum Gasteiger partial charge on any atom is -0.326 e. The van der Waals surface area contributed by atoms with Crippen molar-refractivity contribution >= 4 is 10.9 Å². The molecule has 146 valence electrons. The van der Waals surface area contributed by atoms with Gasteiger partial charge in [-0.15, -0.1) is 0 Å². The van der Waals surface area contributed by atoms with Crippen LogP contribution in [-0.4, -0.2) is 25.1 Å². The molecule has 0 amide bonds. The molecule has 0 radical (unpaired) electrons. The highest BCUT2D eigenvalue weighted by molar-refractivity contribution is 5.97. The first-order chi connectivity index (χ1) is 14.7. The van der Waals surface area contributed by atoms with E-state index in [4.69, 9.17) is 10.7 Å². The summed E-state index contributed by atoms with van der Waals surface area (Å²) in [6.45, 7) is 0.494. The summed E-state index contributed by atoms with van der Waals surface area (Å²) in [6, 6.07) is 22.1. The summed E-state index contributed by atoms with van der Waals surface area (Å²) >= 11 is 0. The van der Waals surface area contributed by atoms with Crippen LogP contribution < -0.4 is 11.4 Å². The van der Waals surface area contributed by atoms with E-state index in [9.17, 15) is 4.79 Å². The molecule has 0 unspecified atom stereocenters. The maximum absolute atomic E-state index is 11.6. The van der Waals surface area contributed by atoms with Gasteiger partial charge in [0.05, 0.1) is 11.2 Å². The van der Waals surface area contributed by atoms with Crippen LogP contribution in [0.2, 0.25) is 0 Å². The number of H-pyrrole nitrogens is 2. The molecular weight excluding hydrogens is 376 g/mol. The van der Waals surface area contributed by atoms with Crippen molar-refractivity contribution in [3.05, 3.63) is 89.0 Å². The van der Waals surface area contributed by atoms with Crippen molar-refractivity contribution in [2.75, 3.05) is 0 Å². The highest BCUT2D eigenvalue weighted by Crippen LogP contribution is 2.35. The SMILES string of the molecule is NCc1ccc(-c2nc3ccnc(-c4n[nH]c(=O)[nH]4)c3cc2-c2ccccc2)cc1. The predicted molar refractivity (Wildman–Crippen MR) is 117 cm³/mol. The fraction of sp³-hybridized carbons (Fsp3) is 0.0435. The van der Waals surface area contributed by atoms with Gasteiger partial charge in [-0.2, -0.15) is 5.10 Å². The first kappa shape index (κ1) is 18.0. The van der Waals surface area contributed by atoms with Gasteiger partial charge in [-0.05, 0) is 23.3 Å². The lowest BCUT2D eigenvalue weighted by atomic mass is 9.96. The van der Waals surface area contributed by atoms with Crippen molar-refractivity contribution in [3.63, 3.8) is 0 Å². The van der Waals surface area contributed by atoms with E-state index >= 15 is 0 Å². The van der Waals surface area contributed by atoms with Crippen LogP contribution in [0.15, 0.2) is 77.7 Å². The Kier molecular flexibility index (Phi) is 4.42. The topological polar surface area (TPSA) is 113 Å². The smallest absolute Gasteiger partial charge is 0.326 e. The number of hydrogen-bond acceptors (Lipinski definition) is 5. The van der Waals surface area contributed by atoms with Gasteiger partial charge in [-0.25, -0.2) is 14.9 Å². The van der Waals surface area contributed by atoms with Crippen LogP contribution in [-0.2, 0) is 6.54 Å². The lowest BCUT2D eigenvalue weighted by molar-refractivity contribution is 1.05. The van der Waals surface area contributed by atoms with Gasteiger partial charge >= 0.3 is 5.69 Å². The first-order valence-corrected chi connectivity index (χ1v) is 9.52. The van der Waals surface area contributed by atoms with Crippen molar-refractivity contribution in [1.82, 2.24) is 25.1 Å². The van der Waals surface area contributed by atoms with E-state index in [0.29, 0.717) is 18.1 Å². The lowest BCUT2D eigenvalue weighted by Gasteiger charge is -2.13. The molecular formula is C23H18N6O. The van der Waals surface area contributed by atoms with Crippen LogP contribution in [0.4, 0.5) is 0 Å². The molecule has 0 fully saturated rings. The maximum atomic E-state index is 11.6. The fourth-order valence-electron chi connectivity index (χ4n) is 3.52. The zero-order valence-corrected chi connectivity index (χ0v) is 16.0. The van der Waals surface area contributed by atoms with Crippen molar-refractivity contribution in [2.24, 2.45) is 5.73 Å². The van der Waals surface area contributed by atoms with E-state index in [1.165, 1.54) is 0 Å². The molecule has 0 spiro atoms. The number of fused-ring (bicyclic) bond motifs is 1. The van der Waals surface area contributed by atoms with Gasteiger partial charge in [0.2, 0.25) is 0 Å². The summed E-state index contributed by atoms with van der Waals surface area (Å²) in [4.78, 5) is 23.6. The van der Waals surface area contributed by atoms with Gasteiger partial charge in [-0.3, -0.25) is 9.97 Å². The number of nitrogens with two attached hydrogens (primary N) is 1. The molecule has 3 aromatic heterocycles. The summed E-state index contributed by atoms with van der Waals surface area (Å²) in [6.07, 6.45) is 1.67. The normalized spacial score (nSPS) is 11.1. The Balaban J connectivity index is 1.80. The minimum atomic E-state index is -0.378. The van der Waals surface area contributed by atoms with Crippen molar-refractivity contribution in [1.29, 1.82) is 0 Å². The Bertz CT molecular complexity index is 1390. The van der Waals surface area contributed by atoms with Crippen molar-refractivity contribution in [3.8, 4) is 33.9 Å². The van der Waals surface area contributed by atoms with E-state index in [2.05, 4.69) is 26.2 Å². The van der Waals surface area contributed by atoms with Gasteiger partial charge in [0.1, 0.15) is 5.69 Å². The van der Waals surface area contributed by atoms with E-state index in [1.54, 1.807) is 6.20 Å². The average Bonchev–Trinajstić information content (AvgIpc) is 3.24. The van der Waals surface area contributed by atoms with Crippen LogP contribution >= 0.6 is 0 Å². The molecule has 5 rings (SSSR count). The quantitative estimate of drug-likeness (QED) is 0.432. The number of benzene rings is 2. The van der Waals surface area contributed by atoms with Gasteiger partial charge in [-0.1, -0.05) is 54.6 Å². The van der Waals surface area contributed by atoms with Crippen molar-refractivity contribution in [2.45, 2.75) is 6.54 Å². The van der Waals surface area contributed by atoms with Gasteiger partial charge < -0.3 is 5.73 Å². The van der Waals surface area contributed by atoms with Crippen LogP contribution in [0.5, 0.6) is 0 Å². The second-order valence-electron chi connectivity index (χ2n) is 6.90. The first-order valence-electron chi connectivity index (χ1n) is 9.52. The molecule has 0 saturated heterocycles. The second kappa shape index (κ2) is 7.38. The predicted octanol–water partition coefficient (Wildman–Crippen LogP) is 3.50. The zero-order valence-electron chi connectivity index (χ0n) is 16.0. The molecule has 7 heteroatoms.